The molecule has 0 saturated heterocycles. The van der Waals surface area contributed by atoms with E-state index in [1.165, 1.54) is 11.3 Å². The molecule has 0 unspecified atom stereocenters. The summed E-state index contributed by atoms with van der Waals surface area (Å²) in [7, 11) is 0. The second kappa shape index (κ2) is 4.99. The van der Waals surface area contributed by atoms with Crippen molar-refractivity contribution in [1.82, 2.24) is 14.8 Å². The van der Waals surface area contributed by atoms with Crippen LogP contribution in [0.15, 0.2) is 24.4 Å². The molecule has 2 aromatic rings. The summed E-state index contributed by atoms with van der Waals surface area (Å²) in [6, 6.07) is 6.13. The highest BCUT2D eigenvalue weighted by molar-refractivity contribution is 5.43. The van der Waals surface area contributed by atoms with Crippen LogP contribution >= 0.6 is 0 Å². The van der Waals surface area contributed by atoms with Crippen molar-refractivity contribution in [2.45, 2.75) is 27.3 Å². The average Bonchev–Trinajstić information content (AvgIpc) is 2.61. The Bertz CT molecular complexity index is 502. The Kier molecular flexibility index (Phi) is 3.42. The monoisotopic (exact) mass is 230 g/mol. The highest BCUT2D eigenvalue weighted by Crippen LogP contribution is 2.14. The van der Waals surface area contributed by atoms with Crippen LogP contribution in [0.3, 0.4) is 0 Å². The molecule has 0 atom stereocenters. The molecule has 2 heterocycles. The van der Waals surface area contributed by atoms with E-state index in [1.807, 2.05) is 23.9 Å². The van der Waals surface area contributed by atoms with Crippen molar-refractivity contribution in [3.8, 4) is 0 Å². The second-order valence-corrected chi connectivity index (χ2v) is 4.13. The maximum absolute atomic E-state index is 4.47. The Morgan fingerprint density at radius 3 is 2.82 bits per heavy atom. The van der Waals surface area contributed by atoms with Gasteiger partial charge < -0.3 is 5.32 Å². The van der Waals surface area contributed by atoms with E-state index >= 15 is 0 Å². The number of hydrogen-bond donors (Lipinski definition) is 1. The van der Waals surface area contributed by atoms with E-state index in [9.17, 15) is 0 Å². The summed E-state index contributed by atoms with van der Waals surface area (Å²) >= 11 is 0. The Balaban J connectivity index is 2.26. The van der Waals surface area contributed by atoms with Crippen molar-refractivity contribution in [2.24, 2.45) is 0 Å². The maximum atomic E-state index is 4.47. The van der Waals surface area contributed by atoms with Crippen LogP contribution in [0, 0.1) is 13.8 Å². The molecule has 0 amide bonds. The molecular weight excluding hydrogens is 212 g/mol. The van der Waals surface area contributed by atoms with Gasteiger partial charge in [0.1, 0.15) is 5.82 Å². The van der Waals surface area contributed by atoms with Crippen molar-refractivity contribution in [2.75, 3.05) is 11.9 Å². The first-order valence-corrected chi connectivity index (χ1v) is 5.89. The first-order chi connectivity index (χ1) is 8.20. The quantitative estimate of drug-likeness (QED) is 0.877. The van der Waals surface area contributed by atoms with Gasteiger partial charge in [0, 0.05) is 24.0 Å². The Morgan fingerprint density at radius 1 is 1.35 bits per heavy atom. The molecule has 2 aromatic heterocycles. The van der Waals surface area contributed by atoms with Gasteiger partial charge in [0.15, 0.2) is 0 Å². The zero-order valence-corrected chi connectivity index (χ0v) is 10.6. The summed E-state index contributed by atoms with van der Waals surface area (Å²) in [5.41, 5.74) is 3.39. The molecular formula is C13H18N4. The smallest absolute Gasteiger partial charge is 0.130 e. The van der Waals surface area contributed by atoms with Crippen LogP contribution in [0.2, 0.25) is 0 Å². The summed E-state index contributed by atoms with van der Waals surface area (Å²) in [6.07, 6.45) is 1.81. The Labute approximate surface area is 102 Å². The predicted molar refractivity (Wildman–Crippen MR) is 69.2 cm³/mol. The van der Waals surface area contributed by atoms with Gasteiger partial charge in [-0.2, -0.15) is 5.10 Å². The van der Waals surface area contributed by atoms with Crippen molar-refractivity contribution < 1.29 is 0 Å². The predicted octanol–water partition coefficient (Wildman–Crippen LogP) is 2.38. The average molecular weight is 230 g/mol. The number of anilines is 1. The van der Waals surface area contributed by atoms with E-state index in [2.05, 4.69) is 41.4 Å². The van der Waals surface area contributed by atoms with E-state index in [-0.39, 0.29) is 0 Å². The minimum atomic E-state index is 0.760. The standard InChI is InChI=1S/C13H18N4/c1-4-14-13-12(6-5-7-15-13)9-17-11(3)8-10(2)16-17/h5-8H,4,9H2,1-3H3,(H,14,15). The lowest BCUT2D eigenvalue weighted by Gasteiger charge is -2.10. The molecule has 17 heavy (non-hydrogen) atoms. The summed E-state index contributed by atoms with van der Waals surface area (Å²) < 4.78 is 2.01. The topological polar surface area (TPSA) is 42.7 Å². The molecule has 0 aliphatic heterocycles. The van der Waals surface area contributed by atoms with Gasteiger partial charge in [0.2, 0.25) is 0 Å². The summed E-state index contributed by atoms with van der Waals surface area (Å²) in [4.78, 5) is 4.35. The van der Waals surface area contributed by atoms with Gasteiger partial charge in [0.25, 0.3) is 0 Å². The van der Waals surface area contributed by atoms with Crippen molar-refractivity contribution in [3.05, 3.63) is 41.3 Å². The van der Waals surface area contributed by atoms with E-state index in [1.54, 1.807) is 0 Å². The fourth-order valence-electron chi connectivity index (χ4n) is 1.89. The number of nitrogens with zero attached hydrogens (tertiary/aromatic N) is 3. The summed E-state index contributed by atoms with van der Waals surface area (Å²) in [5, 5.41) is 7.74. The zero-order chi connectivity index (χ0) is 12.3. The van der Waals surface area contributed by atoms with Crippen molar-refractivity contribution in [3.63, 3.8) is 0 Å². The van der Waals surface area contributed by atoms with Crippen LogP contribution in [-0.4, -0.2) is 21.3 Å². The third-order valence-electron chi connectivity index (χ3n) is 2.66. The number of rotatable bonds is 4. The number of aryl methyl sites for hydroxylation is 2. The molecule has 0 bridgehead atoms. The summed E-state index contributed by atoms with van der Waals surface area (Å²) in [6.45, 7) is 7.79. The number of hydrogen-bond acceptors (Lipinski definition) is 3. The van der Waals surface area contributed by atoms with Gasteiger partial charge >= 0.3 is 0 Å². The maximum Gasteiger partial charge on any atom is 0.130 e. The first kappa shape index (κ1) is 11.6. The van der Waals surface area contributed by atoms with Crippen molar-refractivity contribution in [1.29, 1.82) is 0 Å². The Hall–Kier alpha value is -1.84. The van der Waals surface area contributed by atoms with Gasteiger partial charge in [-0.1, -0.05) is 6.07 Å². The Morgan fingerprint density at radius 2 is 2.18 bits per heavy atom. The van der Waals surface area contributed by atoms with E-state index < -0.39 is 0 Å². The van der Waals surface area contributed by atoms with Crippen LogP contribution in [0.1, 0.15) is 23.9 Å². The van der Waals surface area contributed by atoms with Crippen LogP contribution in [0.25, 0.3) is 0 Å². The number of pyridine rings is 1. The van der Waals surface area contributed by atoms with Crippen LogP contribution in [0.5, 0.6) is 0 Å². The van der Waals surface area contributed by atoms with Gasteiger partial charge in [0.05, 0.1) is 12.2 Å². The molecule has 0 aliphatic rings. The van der Waals surface area contributed by atoms with E-state index in [4.69, 9.17) is 0 Å². The van der Waals surface area contributed by atoms with Crippen LogP contribution < -0.4 is 5.32 Å². The third-order valence-corrected chi connectivity index (χ3v) is 2.66. The molecule has 4 nitrogen and oxygen atoms in total. The normalized spacial score (nSPS) is 10.5. The summed E-state index contributed by atoms with van der Waals surface area (Å²) in [5.74, 6) is 0.947. The molecule has 0 fully saturated rings. The van der Waals surface area contributed by atoms with Gasteiger partial charge in [-0.25, -0.2) is 4.98 Å². The third kappa shape index (κ3) is 2.64. The van der Waals surface area contributed by atoms with E-state index in [0.29, 0.717) is 0 Å². The molecule has 0 radical (unpaired) electrons. The van der Waals surface area contributed by atoms with Crippen LogP contribution in [-0.2, 0) is 6.54 Å². The molecule has 0 aliphatic carbocycles. The van der Waals surface area contributed by atoms with Gasteiger partial charge in [-0.15, -0.1) is 0 Å². The lowest BCUT2D eigenvalue weighted by Crippen LogP contribution is -2.09. The van der Waals surface area contributed by atoms with Crippen LogP contribution in [0.4, 0.5) is 5.82 Å². The second-order valence-electron chi connectivity index (χ2n) is 4.13. The molecule has 1 N–H and O–H groups in total. The zero-order valence-electron chi connectivity index (χ0n) is 10.6. The fourth-order valence-corrected chi connectivity index (χ4v) is 1.89. The number of aromatic nitrogens is 3. The van der Waals surface area contributed by atoms with E-state index in [0.717, 1.165) is 24.6 Å². The molecule has 0 aromatic carbocycles. The molecule has 0 spiro atoms. The van der Waals surface area contributed by atoms with Crippen molar-refractivity contribution >= 4 is 5.82 Å². The fraction of sp³-hybridized carbons (Fsp3) is 0.385. The lowest BCUT2D eigenvalue weighted by molar-refractivity contribution is 0.658. The largest absolute Gasteiger partial charge is 0.370 e. The lowest BCUT2D eigenvalue weighted by atomic mass is 10.2. The molecule has 4 heteroatoms. The minimum absolute atomic E-state index is 0.760. The number of nitrogens with one attached hydrogen (secondary N) is 1. The minimum Gasteiger partial charge on any atom is -0.370 e. The SMILES string of the molecule is CCNc1ncccc1Cn1nc(C)cc1C. The molecule has 2 rings (SSSR count). The highest BCUT2D eigenvalue weighted by atomic mass is 15.3. The van der Waals surface area contributed by atoms with Gasteiger partial charge in [-0.3, -0.25) is 4.68 Å². The molecule has 90 valence electrons. The highest BCUT2D eigenvalue weighted by Gasteiger charge is 2.06. The van der Waals surface area contributed by atoms with Gasteiger partial charge in [-0.05, 0) is 32.9 Å². The first-order valence-electron chi connectivity index (χ1n) is 5.89. The molecule has 0 saturated carbocycles.